The van der Waals surface area contributed by atoms with E-state index in [0.717, 1.165) is 11.6 Å². The molecule has 0 atom stereocenters. The Balaban J connectivity index is 1.74. The summed E-state index contributed by atoms with van der Waals surface area (Å²) in [5, 5.41) is 10.4. The lowest BCUT2D eigenvalue weighted by Gasteiger charge is -2.08. The van der Waals surface area contributed by atoms with Crippen molar-refractivity contribution in [1.29, 1.82) is 0 Å². The minimum absolute atomic E-state index is 0.264. The van der Waals surface area contributed by atoms with Crippen molar-refractivity contribution in [2.24, 2.45) is 0 Å². The molecule has 1 heterocycles. The van der Waals surface area contributed by atoms with E-state index in [0.29, 0.717) is 23.8 Å². The topological polar surface area (TPSA) is 46.5 Å². The third-order valence-corrected chi connectivity index (χ3v) is 4.83. The van der Waals surface area contributed by atoms with Crippen molar-refractivity contribution in [3.05, 3.63) is 107 Å². The van der Waals surface area contributed by atoms with E-state index in [1.54, 1.807) is 30.3 Å². The molecule has 3 aromatic rings. The van der Waals surface area contributed by atoms with Gasteiger partial charge in [-0.2, -0.15) is 13.2 Å². The van der Waals surface area contributed by atoms with E-state index in [2.05, 4.69) is 0 Å². The van der Waals surface area contributed by atoms with Gasteiger partial charge in [-0.05, 0) is 41.5 Å². The van der Waals surface area contributed by atoms with Gasteiger partial charge >= 0.3 is 12.1 Å². The molecule has 0 saturated carbocycles. The fourth-order valence-corrected chi connectivity index (χ4v) is 3.25. The largest absolute Gasteiger partial charge is 0.504 e. The number of ether oxygens (including phenoxy) is 1. The van der Waals surface area contributed by atoms with Crippen molar-refractivity contribution in [2.75, 3.05) is 0 Å². The maximum Gasteiger partial charge on any atom is 0.416 e. The number of cyclic esters (lactones) is 1. The molecule has 0 saturated heterocycles. The van der Waals surface area contributed by atoms with Crippen LogP contribution < -0.4 is 0 Å². The Kier molecular flexibility index (Phi) is 5.30. The van der Waals surface area contributed by atoms with Gasteiger partial charge in [-0.3, -0.25) is 0 Å². The highest BCUT2D eigenvalue weighted by Gasteiger charge is 2.34. The van der Waals surface area contributed by atoms with Crippen molar-refractivity contribution >= 4 is 17.6 Å². The molecule has 1 aliphatic heterocycles. The lowest BCUT2D eigenvalue weighted by molar-refractivity contribution is -0.137. The van der Waals surface area contributed by atoms with Gasteiger partial charge in [0.05, 0.1) is 5.56 Å². The number of alkyl halides is 3. The zero-order valence-electron chi connectivity index (χ0n) is 16.1. The summed E-state index contributed by atoms with van der Waals surface area (Å²) in [7, 11) is 0. The highest BCUT2D eigenvalue weighted by Crippen LogP contribution is 2.36. The van der Waals surface area contributed by atoms with Crippen LogP contribution in [0, 0.1) is 11.6 Å². The molecule has 0 fully saturated rings. The molecule has 0 aliphatic carbocycles. The Labute approximate surface area is 178 Å². The molecule has 1 aliphatic rings. The van der Waals surface area contributed by atoms with Crippen LogP contribution in [0.25, 0.3) is 22.8 Å². The third kappa shape index (κ3) is 3.99. The van der Waals surface area contributed by atoms with Crippen LogP contribution in [-0.2, 0) is 15.7 Å². The summed E-state index contributed by atoms with van der Waals surface area (Å²) in [5.41, 5.74) is -1.21. The van der Waals surface area contributed by atoms with Crippen LogP contribution in [0.1, 0.15) is 16.7 Å². The summed E-state index contributed by atoms with van der Waals surface area (Å²) in [6, 6.07) is 14.5. The van der Waals surface area contributed by atoms with Crippen LogP contribution in [0.15, 0.2) is 78.2 Å². The summed E-state index contributed by atoms with van der Waals surface area (Å²) in [6.07, 6.45) is -3.97. The average Bonchev–Trinajstić information content (AvgIpc) is 3.02. The molecule has 3 nitrogen and oxygen atoms in total. The molecule has 0 amide bonds. The molecule has 4 rings (SSSR count). The first-order valence-electron chi connectivity index (χ1n) is 9.24. The second-order valence-corrected chi connectivity index (χ2v) is 6.92. The van der Waals surface area contributed by atoms with Gasteiger partial charge in [0.15, 0.2) is 11.5 Å². The lowest BCUT2D eigenvalue weighted by Crippen LogP contribution is -2.05. The molecular formula is C24H13F5O3. The molecule has 1 N–H and O–H groups in total. The van der Waals surface area contributed by atoms with Crippen molar-refractivity contribution in [2.45, 2.75) is 6.18 Å². The number of hydrogen-bond acceptors (Lipinski definition) is 3. The van der Waals surface area contributed by atoms with Crippen LogP contribution in [0.4, 0.5) is 22.0 Å². The molecule has 8 heteroatoms. The highest BCUT2D eigenvalue weighted by molar-refractivity contribution is 6.21. The highest BCUT2D eigenvalue weighted by atomic mass is 19.4. The second-order valence-electron chi connectivity index (χ2n) is 6.92. The van der Waals surface area contributed by atoms with E-state index in [4.69, 9.17) is 4.74 Å². The fourth-order valence-electron chi connectivity index (χ4n) is 3.25. The van der Waals surface area contributed by atoms with E-state index >= 15 is 0 Å². The van der Waals surface area contributed by atoms with Crippen LogP contribution in [0.5, 0.6) is 0 Å². The van der Waals surface area contributed by atoms with Crippen molar-refractivity contribution in [3.63, 3.8) is 0 Å². The van der Waals surface area contributed by atoms with E-state index in [-0.39, 0.29) is 5.56 Å². The number of halogens is 5. The summed E-state index contributed by atoms with van der Waals surface area (Å²) >= 11 is 0. The number of aliphatic hydroxyl groups is 1. The molecule has 3 aromatic carbocycles. The minimum atomic E-state index is -4.72. The predicted molar refractivity (Wildman–Crippen MR) is 107 cm³/mol. The molecule has 32 heavy (non-hydrogen) atoms. The molecule has 162 valence electrons. The maximum absolute atomic E-state index is 14.8. The monoisotopic (exact) mass is 444 g/mol. The summed E-state index contributed by atoms with van der Waals surface area (Å²) in [6.45, 7) is 0. The van der Waals surface area contributed by atoms with Crippen LogP contribution in [-0.4, -0.2) is 11.1 Å². The lowest BCUT2D eigenvalue weighted by atomic mass is 9.99. The average molecular weight is 444 g/mol. The van der Waals surface area contributed by atoms with Crippen LogP contribution in [0.2, 0.25) is 0 Å². The van der Waals surface area contributed by atoms with Gasteiger partial charge < -0.3 is 9.84 Å². The third-order valence-electron chi connectivity index (χ3n) is 4.83. The van der Waals surface area contributed by atoms with Crippen molar-refractivity contribution < 1.29 is 36.6 Å². The van der Waals surface area contributed by atoms with Crippen molar-refractivity contribution in [1.82, 2.24) is 0 Å². The zero-order chi connectivity index (χ0) is 23.0. The molecule has 0 bridgehead atoms. The normalized spacial score (nSPS) is 15.4. The van der Waals surface area contributed by atoms with Gasteiger partial charge in [0.1, 0.15) is 17.2 Å². The summed E-state index contributed by atoms with van der Waals surface area (Å²) < 4.78 is 72.4. The number of hydrogen-bond donors (Lipinski definition) is 1. The van der Waals surface area contributed by atoms with E-state index in [1.165, 1.54) is 18.2 Å². The van der Waals surface area contributed by atoms with Gasteiger partial charge in [0.25, 0.3) is 0 Å². The van der Waals surface area contributed by atoms with E-state index in [9.17, 15) is 31.9 Å². The Hall–Kier alpha value is -3.94. The first-order valence-corrected chi connectivity index (χ1v) is 9.24. The number of carbonyl (C=O) groups is 1. The second kappa shape index (κ2) is 7.96. The molecular weight excluding hydrogens is 431 g/mol. The standard InChI is InChI=1S/C24H13F5O3/c25-18-9-7-16(24(27,28)29)10-15(18)12-20-22(30)21(23(31)32-20)17-8-6-14(11-19(17)26)13-4-2-1-3-5-13/h1-12,30H. The molecule has 0 radical (unpaired) electrons. The number of esters is 1. The smallest absolute Gasteiger partial charge is 0.416 e. The first kappa shape index (κ1) is 21.3. The quantitative estimate of drug-likeness (QED) is 0.370. The SMILES string of the molecule is O=C1OC(=Cc2cc(C(F)(F)F)ccc2F)C(O)=C1c1ccc(-c2ccccc2)cc1F. The fraction of sp³-hybridized carbons (Fsp3) is 0.0417. The van der Waals surface area contributed by atoms with Gasteiger partial charge in [0.2, 0.25) is 0 Å². The molecule has 0 aromatic heterocycles. The summed E-state index contributed by atoms with van der Waals surface area (Å²) in [5.74, 6) is -4.36. The Bertz CT molecular complexity index is 1270. The molecule has 0 unspecified atom stereocenters. The Morgan fingerprint density at radius 1 is 0.844 bits per heavy atom. The summed E-state index contributed by atoms with van der Waals surface area (Å²) in [4.78, 5) is 12.3. The molecule has 0 spiro atoms. The van der Waals surface area contributed by atoms with Crippen LogP contribution >= 0.6 is 0 Å². The van der Waals surface area contributed by atoms with Gasteiger partial charge in [-0.25, -0.2) is 13.6 Å². The number of rotatable bonds is 3. The Morgan fingerprint density at radius 3 is 2.22 bits per heavy atom. The van der Waals surface area contributed by atoms with Gasteiger partial charge in [0, 0.05) is 11.1 Å². The Morgan fingerprint density at radius 2 is 1.56 bits per heavy atom. The predicted octanol–water partition coefficient (Wildman–Crippen LogP) is 6.52. The van der Waals surface area contributed by atoms with E-state index < -0.39 is 52.0 Å². The first-order chi connectivity index (χ1) is 15.1. The number of benzene rings is 3. The van der Waals surface area contributed by atoms with E-state index in [1.807, 2.05) is 0 Å². The number of carbonyl (C=O) groups excluding carboxylic acids is 1. The maximum atomic E-state index is 14.8. The van der Waals surface area contributed by atoms with Gasteiger partial charge in [-0.1, -0.05) is 42.5 Å². The van der Waals surface area contributed by atoms with Crippen LogP contribution in [0.3, 0.4) is 0 Å². The number of aliphatic hydroxyl groups excluding tert-OH is 1. The van der Waals surface area contributed by atoms with Gasteiger partial charge in [-0.15, -0.1) is 0 Å². The zero-order valence-corrected chi connectivity index (χ0v) is 16.1. The minimum Gasteiger partial charge on any atom is -0.504 e. The van der Waals surface area contributed by atoms with Crippen molar-refractivity contribution in [3.8, 4) is 11.1 Å².